The molecule has 3 heterocycles. The highest BCUT2D eigenvalue weighted by atomic mass is 32.1. The van der Waals surface area contributed by atoms with Crippen molar-refractivity contribution in [1.29, 1.82) is 0 Å². The van der Waals surface area contributed by atoms with Gasteiger partial charge in [0.1, 0.15) is 6.04 Å². The fourth-order valence-electron chi connectivity index (χ4n) is 4.06. The van der Waals surface area contributed by atoms with Crippen LogP contribution in [0.15, 0.2) is 90.7 Å². The third kappa shape index (κ3) is 5.33. The lowest BCUT2D eigenvalue weighted by atomic mass is 10.0. The Morgan fingerprint density at radius 3 is 2.66 bits per heavy atom. The minimum Gasteiger partial charge on any atom is -0.361 e. The summed E-state index contributed by atoms with van der Waals surface area (Å²) in [5.74, 6) is -0.442. The van der Waals surface area contributed by atoms with Gasteiger partial charge in [-0.1, -0.05) is 36.4 Å². The number of thiophene rings is 1. The molecule has 3 N–H and O–H groups in total. The molecule has 1 atom stereocenters. The average molecular weight is 484 g/mol. The Morgan fingerprint density at radius 1 is 1.03 bits per heavy atom. The Balaban J connectivity index is 1.24. The lowest BCUT2D eigenvalue weighted by molar-refractivity contribution is -0.122. The summed E-state index contributed by atoms with van der Waals surface area (Å²) in [6.45, 7) is 0.471. The van der Waals surface area contributed by atoms with E-state index in [0.717, 1.165) is 27.7 Å². The summed E-state index contributed by atoms with van der Waals surface area (Å²) in [6.07, 6.45) is 6.62. The summed E-state index contributed by atoms with van der Waals surface area (Å²) < 4.78 is 1.80. The molecule has 0 saturated heterocycles. The van der Waals surface area contributed by atoms with E-state index < -0.39 is 6.04 Å². The van der Waals surface area contributed by atoms with Crippen molar-refractivity contribution in [2.45, 2.75) is 18.9 Å². The number of H-pyrrole nitrogens is 1. The van der Waals surface area contributed by atoms with E-state index in [1.54, 1.807) is 16.9 Å². The van der Waals surface area contributed by atoms with Crippen LogP contribution in [0.3, 0.4) is 0 Å². The number of hydrogen-bond acceptors (Lipinski definition) is 4. The van der Waals surface area contributed by atoms with Gasteiger partial charge in [0.2, 0.25) is 5.91 Å². The van der Waals surface area contributed by atoms with Crippen molar-refractivity contribution in [1.82, 2.24) is 25.4 Å². The van der Waals surface area contributed by atoms with Crippen LogP contribution in [0.1, 0.15) is 20.8 Å². The van der Waals surface area contributed by atoms with Gasteiger partial charge in [-0.3, -0.25) is 9.59 Å². The molecule has 7 nitrogen and oxygen atoms in total. The van der Waals surface area contributed by atoms with Gasteiger partial charge in [0.05, 0.1) is 10.6 Å². The van der Waals surface area contributed by atoms with E-state index in [1.807, 2.05) is 78.4 Å². The number of carbonyl (C=O) groups excluding carboxylic acids is 2. The van der Waals surface area contributed by atoms with Crippen LogP contribution >= 0.6 is 11.3 Å². The second kappa shape index (κ2) is 10.4. The highest BCUT2D eigenvalue weighted by Crippen LogP contribution is 2.19. The summed E-state index contributed by atoms with van der Waals surface area (Å²) in [5, 5.41) is 13.1. The molecule has 0 aliphatic rings. The van der Waals surface area contributed by atoms with Crippen LogP contribution in [0, 0.1) is 0 Å². The number of fused-ring (bicyclic) bond motifs is 1. The van der Waals surface area contributed by atoms with Crippen molar-refractivity contribution < 1.29 is 9.59 Å². The van der Waals surface area contributed by atoms with Crippen LogP contribution in [0.25, 0.3) is 16.6 Å². The van der Waals surface area contributed by atoms with Crippen molar-refractivity contribution in [2.75, 3.05) is 6.54 Å². The molecule has 2 aromatic carbocycles. The molecule has 5 rings (SSSR count). The third-order valence-electron chi connectivity index (χ3n) is 5.88. The Labute approximate surface area is 206 Å². The van der Waals surface area contributed by atoms with Crippen molar-refractivity contribution in [3.63, 3.8) is 0 Å². The topological polar surface area (TPSA) is 91.8 Å². The van der Waals surface area contributed by atoms with Crippen LogP contribution in [0.2, 0.25) is 0 Å². The van der Waals surface area contributed by atoms with Gasteiger partial charge >= 0.3 is 0 Å². The number of carbonyl (C=O) groups is 2. The monoisotopic (exact) mass is 483 g/mol. The molecular formula is C27H25N5O2S. The van der Waals surface area contributed by atoms with Gasteiger partial charge in [0.25, 0.3) is 5.91 Å². The van der Waals surface area contributed by atoms with E-state index in [0.29, 0.717) is 24.3 Å². The number of aromatic nitrogens is 3. The predicted molar refractivity (Wildman–Crippen MR) is 138 cm³/mol. The molecule has 0 spiro atoms. The molecule has 0 bridgehead atoms. The highest BCUT2D eigenvalue weighted by Gasteiger charge is 2.23. The summed E-state index contributed by atoms with van der Waals surface area (Å²) in [7, 11) is 0. The predicted octanol–water partition coefficient (Wildman–Crippen LogP) is 4.12. The van der Waals surface area contributed by atoms with Gasteiger partial charge in [0.15, 0.2) is 0 Å². The number of aromatic amines is 1. The molecule has 0 fully saturated rings. The van der Waals surface area contributed by atoms with Crippen molar-refractivity contribution in [3.05, 3.63) is 107 Å². The summed E-state index contributed by atoms with van der Waals surface area (Å²) in [5.41, 5.74) is 4.08. The van der Waals surface area contributed by atoms with E-state index in [4.69, 9.17) is 0 Å². The fraction of sp³-hybridized carbons (Fsp3) is 0.148. The quantitative estimate of drug-likeness (QED) is 0.295. The number of nitrogens with zero attached hydrogens (tertiary/aromatic N) is 2. The number of nitrogens with one attached hydrogen (secondary N) is 3. The van der Waals surface area contributed by atoms with Crippen LogP contribution in [-0.4, -0.2) is 39.2 Å². The first-order valence-corrected chi connectivity index (χ1v) is 12.3. The summed E-state index contributed by atoms with van der Waals surface area (Å²) in [6, 6.07) is 20.8. The Bertz CT molecular complexity index is 1410. The zero-order valence-corrected chi connectivity index (χ0v) is 19.8. The number of rotatable bonds is 9. The fourth-order valence-corrected chi connectivity index (χ4v) is 4.68. The van der Waals surface area contributed by atoms with Crippen LogP contribution in [0.4, 0.5) is 0 Å². The maximum absolute atomic E-state index is 13.2. The minimum atomic E-state index is -0.689. The number of amides is 2. The number of hydrogen-bond donors (Lipinski definition) is 3. The number of para-hydroxylation sites is 1. The van der Waals surface area contributed by atoms with Gasteiger partial charge in [-0.15, -0.1) is 11.3 Å². The average Bonchev–Trinajstić information content (AvgIpc) is 3.67. The molecule has 2 amide bonds. The number of benzene rings is 2. The smallest absolute Gasteiger partial charge is 0.262 e. The molecule has 35 heavy (non-hydrogen) atoms. The minimum absolute atomic E-state index is 0.201. The molecular weight excluding hydrogens is 458 g/mol. The van der Waals surface area contributed by atoms with Crippen molar-refractivity contribution in [2.24, 2.45) is 0 Å². The molecule has 8 heteroatoms. The molecule has 0 aliphatic carbocycles. The van der Waals surface area contributed by atoms with E-state index in [2.05, 4.69) is 20.7 Å². The summed E-state index contributed by atoms with van der Waals surface area (Å²) in [4.78, 5) is 29.7. The van der Waals surface area contributed by atoms with E-state index in [1.165, 1.54) is 11.3 Å². The Kier molecular flexibility index (Phi) is 6.72. The maximum atomic E-state index is 13.2. The van der Waals surface area contributed by atoms with Gasteiger partial charge in [-0.2, -0.15) is 5.10 Å². The lowest BCUT2D eigenvalue weighted by Gasteiger charge is -2.18. The molecule has 3 aromatic heterocycles. The Hall–Kier alpha value is -4.17. The van der Waals surface area contributed by atoms with Crippen LogP contribution in [0.5, 0.6) is 0 Å². The van der Waals surface area contributed by atoms with E-state index in [9.17, 15) is 9.59 Å². The van der Waals surface area contributed by atoms with E-state index >= 15 is 0 Å². The zero-order valence-electron chi connectivity index (χ0n) is 19.0. The molecule has 0 aliphatic heterocycles. The SMILES string of the molecule is O=C(NC(Cc1c[nH]c2ccccc12)C(=O)NCCc1ccc(-n2cccn2)cc1)c1cccs1. The summed E-state index contributed by atoms with van der Waals surface area (Å²) >= 11 is 1.35. The van der Waals surface area contributed by atoms with Gasteiger partial charge in [-0.05, 0) is 53.3 Å². The van der Waals surface area contributed by atoms with Gasteiger partial charge in [0, 0.05) is 42.5 Å². The molecule has 0 radical (unpaired) electrons. The molecule has 176 valence electrons. The van der Waals surface area contributed by atoms with Crippen LogP contribution in [-0.2, 0) is 17.6 Å². The largest absolute Gasteiger partial charge is 0.361 e. The highest BCUT2D eigenvalue weighted by molar-refractivity contribution is 7.12. The first kappa shape index (κ1) is 22.6. The molecule has 0 saturated carbocycles. The van der Waals surface area contributed by atoms with Crippen molar-refractivity contribution in [3.8, 4) is 5.69 Å². The van der Waals surface area contributed by atoms with Gasteiger partial charge < -0.3 is 15.6 Å². The first-order valence-electron chi connectivity index (χ1n) is 11.4. The standard InChI is InChI=1S/C27H25N5O2S/c33-26(28-14-12-19-8-10-21(11-9-19)32-15-4-13-30-32)24(31-27(34)25-7-3-16-35-25)17-20-18-29-23-6-2-1-5-22(20)23/h1-11,13,15-16,18,24,29H,12,14,17H2,(H,28,33)(H,31,34). The molecule has 1 unspecified atom stereocenters. The zero-order chi connectivity index (χ0) is 24.0. The first-order chi connectivity index (χ1) is 17.2. The van der Waals surface area contributed by atoms with Crippen molar-refractivity contribution >= 4 is 34.1 Å². The normalized spacial score (nSPS) is 11.9. The second-order valence-corrected chi connectivity index (χ2v) is 9.17. The molecule has 5 aromatic rings. The lowest BCUT2D eigenvalue weighted by Crippen LogP contribution is -2.48. The third-order valence-corrected chi connectivity index (χ3v) is 6.75. The van der Waals surface area contributed by atoms with Gasteiger partial charge in [-0.25, -0.2) is 4.68 Å². The Morgan fingerprint density at radius 2 is 1.89 bits per heavy atom. The second-order valence-electron chi connectivity index (χ2n) is 8.23. The van der Waals surface area contributed by atoms with E-state index in [-0.39, 0.29) is 11.8 Å². The maximum Gasteiger partial charge on any atom is 0.262 e. The van der Waals surface area contributed by atoms with Crippen LogP contribution < -0.4 is 10.6 Å².